The number of hydrogen-bond donors (Lipinski definition) is 2. The van der Waals surface area contributed by atoms with Gasteiger partial charge in [0.2, 0.25) is 0 Å². The maximum atomic E-state index is 15.5. The molecule has 2 N–H and O–H groups in total. The molecule has 7 nitrogen and oxygen atoms in total. The SMILES string of the molecule is Cc1ccn2c(C[C@H]3CN(C(=O)O)CCO3)c(-c3c(F)cc(NC4CCC(C)CC4)cc3F)nc2c1. The Morgan fingerprint density at radius 2 is 1.92 bits per heavy atom. The molecule has 0 bridgehead atoms. The summed E-state index contributed by atoms with van der Waals surface area (Å²) in [5, 5.41) is 12.7. The highest BCUT2D eigenvalue weighted by Gasteiger charge is 2.29. The lowest BCUT2D eigenvalue weighted by Crippen LogP contribution is -2.45. The summed E-state index contributed by atoms with van der Waals surface area (Å²) >= 11 is 0. The van der Waals surface area contributed by atoms with Gasteiger partial charge < -0.3 is 24.5 Å². The highest BCUT2D eigenvalue weighted by atomic mass is 19.1. The van der Waals surface area contributed by atoms with Gasteiger partial charge in [-0.1, -0.05) is 6.92 Å². The first-order valence-electron chi connectivity index (χ1n) is 12.6. The zero-order chi connectivity index (χ0) is 25.4. The van der Waals surface area contributed by atoms with Crippen LogP contribution in [0.2, 0.25) is 0 Å². The molecule has 36 heavy (non-hydrogen) atoms. The van der Waals surface area contributed by atoms with Crippen molar-refractivity contribution in [3.63, 3.8) is 0 Å². The molecule has 3 heterocycles. The third kappa shape index (κ3) is 5.02. The van der Waals surface area contributed by atoms with Gasteiger partial charge in [0, 0.05) is 30.9 Å². The molecule has 1 amide bonds. The fraction of sp³-hybridized carbons (Fsp3) is 0.481. The number of halogens is 2. The third-order valence-corrected chi connectivity index (χ3v) is 7.38. The second kappa shape index (κ2) is 10.0. The van der Waals surface area contributed by atoms with E-state index in [0.717, 1.165) is 31.2 Å². The first-order chi connectivity index (χ1) is 17.3. The van der Waals surface area contributed by atoms with E-state index in [0.29, 0.717) is 29.5 Å². The number of amides is 1. The number of pyridine rings is 1. The van der Waals surface area contributed by atoms with Gasteiger partial charge in [0.15, 0.2) is 0 Å². The van der Waals surface area contributed by atoms with E-state index in [1.54, 1.807) is 4.40 Å². The summed E-state index contributed by atoms with van der Waals surface area (Å²) in [6.45, 7) is 4.90. The van der Waals surface area contributed by atoms with Gasteiger partial charge in [-0.15, -0.1) is 0 Å². The van der Waals surface area contributed by atoms with E-state index >= 15 is 8.78 Å². The number of aryl methyl sites for hydroxylation is 1. The summed E-state index contributed by atoms with van der Waals surface area (Å²) < 4.78 is 38.6. The predicted octanol–water partition coefficient (Wildman–Crippen LogP) is 5.50. The third-order valence-electron chi connectivity index (χ3n) is 7.38. The Bertz CT molecular complexity index is 1250. The Hall–Kier alpha value is -3.20. The van der Waals surface area contributed by atoms with Crippen LogP contribution in [0.5, 0.6) is 0 Å². The predicted molar refractivity (Wildman–Crippen MR) is 133 cm³/mol. The van der Waals surface area contributed by atoms with Crippen molar-refractivity contribution in [3.8, 4) is 11.3 Å². The molecule has 2 fully saturated rings. The molecule has 0 spiro atoms. The van der Waals surface area contributed by atoms with Crippen LogP contribution in [-0.2, 0) is 11.2 Å². The number of carboxylic acid groups (broad SMARTS) is 1. The average Bonchev–Trinajstić information content (AvgIpc) is 3.17. The molecule has 1 aliphatic carbocycles. The number of carbonyl (C=O) groups is 1. The molecule has 3 aromatic rings. The van der Waals surface area contributed by atoms with Crippen molar-refractivity contribution in [2.45, 2.75) is 58.1 Å². The standard InChI is InChI=1S/C27H32F2N4O3/c1-16-3-5-18(6-4-16)30-19-12-21(28)25(22(29)13-19)26-23(33-8-7-17(2)11-24(33)31-26)14-20-15-32(27(34)35)9-10-36-20/h7-8,11-13,16,18,20,30H,3-6,9-10,14-15H2,1-2H3,(H,34,35)/t16?,18?,20-/m0/s1. The molecule has 192 valence electrons. The molecular weight excluding hydrogens is 466 g/mol. The fourth-order valence-corrected chi connectivity index (χ4v) is 5.35. The van der Waals surface area contributed by atoms with Gasteiger partial charge >= 0.3 is 6.09 Å². The molecule has 2 aliphatic rings. The molecule has 2 aromatic heterocycles. The fourth-order valence-electron chi connectivity index (χ4n) is 5.35. The molecule has 5 rings (SSSR count). The van der Waals surface area contributed by atoms with Crippen LogP contribution in [0.25, 0.3) is 16.9 Å². The lowest BCUT2D eigenvalue weighted by molar-refractivity contribution is -0.0214. The topological polar surface area (TPSA) is 79.1 Å². The van der Waals surface area contributed by atoms with E-state index in [4.69, 9.17) is 4.74 Å². The molecular formula is C27H32F2N4O3. The number of ether oxygens (including phenoxy) is 1. The summed E-state index contributed by atoms with van der Waals surface area (Å²) in [5.41, 5.74) is 2.59. The minimum Gasteiger partial charge on any atom is -0.465 e. The number of benzene rings is 1. The number of imidazole rings is 1. The van der Waals surface area contributed by atoms with Crippen molar-refractivity contribution in [2.75, 3.05) is 25.0 Å². The normalized spacial score (nSPS) is 22.7. The number of hydrogen-bond acceptors (Lipinski definition) is 4. The largest absolute Gasteiger partial charge is 0.465 e. The number of rotatable bonds is 5. The lowest BCUT2D eigenvalue weighted by atomic mass is 9.87. The van der Waals surface area contributed by atoms with E-state index in [1.165, 1.54) is 17.0 Å². The van der Waals surface area contributed by atoms with Gasteiger partial charge in [-0.2, -0.15) is 0 Å². The molecule has 0 unspecified atom stereocenters. The van der Waals surface area contributed by atoms with Crippen molar-refractivity contribution in [2.24, 2.45) is 5.92 Å². The van der Waals surface area contributed by atoms with E-state index in [9.17, 15) is 9.90 Å². The van der Waals surface area contributed by atoms with Gasteiger partial charge in [-0.3, -0.25) is 0 Å². The molecule has 1 saturated heterocycles. The van der Waals surface area contributed by atoms with Crippen LogP contribution >= 0.6 is 0 Å². The highest BCUT2D eigenvalue weighted by molar-refractivity contribution is 5.70. The monoisotopic (exact) mass is 498 g/mol. The van der Waals surface area contributed by atoms with E-state index < -0.39 is 23.8 Å². The van der Waals surface area contributed by atoms with Crippen molar-refractivity contribution < 1.29 is 23.4 Å². The molecule has 0 radical (unpaired) electrons. The van der Waals surface area contributed by atoms with Crippen LogP contribution in [0.15, 0.2) is 30.5 Å². The van der Waals surface area contributed by atoms with Crippen LogP contribution in [0.4, 0.5) is 19.3 Å². The lowest BCUT2D eigenvalue weighted by Gasteiger charge is -2.31. The minimum absolute atomic E-state index is 0.180. The van der Waals surface area contributed by atoms with Crippen LogP contribution in [0.3, 0.4) is 0 Å². The van der Waals surface area contributed by atoms with Crippen LogP contribution in [0, 0.1) is 24.5 Å². The van der Waals surface area contributed by atoms with Crippen LogP contribution in [0.1, 0.15) is 43.9 Å². The highest BCUT2D eigenvalue weighted by Crippen LogP contribution is 2.34. The number of aromatic nitrogens is 2. The molecule has 9 heteroatoms. The van der Waals surface area contributed by atoms with Crippen molar-refractivity contribution >= 4 is 17.4 Å². The van der Waals surface area contributed by atoms with Gasteiger partial charge in [-0.25, -0.2) is 18.6 Å². The quantitative estimate of drug-likeness (QED) is 0.486. The van der Waals surface area contributed by atoms with Gasteiger partial charge in [0.1, 0.15) is 17.3 Å². The average molecular weight is 499 g/mol. The maximum absolute atomic E-state index is 15.5. The van der Waals surface area contributed by atoms with Crippen molar-refractivity contribution in [1.82, 2.24) is 14.3 Å². The van der Waals surface area contributed by atoms with E-state index in [1.807, 2.05) is 25.3 Å². The van der Waals surface area contributed by atoms with Gasteiger partial charge in [0.25, 0.3) is 0 Å². The van der Waals surface area contributed by atoms with Gasteiger partial charge in [0.05, 0.1) is 36.2 Å². The number of fused-ring (bicyclic) bond motifs is 1. The first-order valence-corrected chi connectivity index (χ1v) is 12.6. The Labute approximate surface area is 209 Å². The van der Waals surface area contributed by atoms with Crippen molar-refractivity contribution in [3.05, 3.63) is 53.4 Å². The van der Waals surface area contributed by atoms with E-state index in [2.05, 4.69) is 17.2 Å². The zero-order valence-corrected chi connectivity index (χ0v) is 20.6. The second-order valence-electron chi connectivity index (χ2n) is 10.2. The minimum atomic E-state index is -1.01. The van der Waals surface area contributed by atoms with Gasteiger partial charge in [-0.05, 0) is 68.4 Å². The molecule has 1 atom stereocenters. The Morgan fingerprint density at radius 3 is 2.61 bits per heavy atom. The number of nitrogens with zero attached hydrogens (tertiary/aromatic N) is 3. The molecule has 1 aliphatic heterocycles. The summed E-state index contributed by atoms with van der Waals surface area (Å²) in [5.74, 6) is -0.675. The Kier molecular flexibility index (Phi) is 6.83. The number of nitrogens with one attached hydrogen (secondary N) is 1. The molecule has 1 aromatic carbocycles. The maximum Gasteiger partial charge on any atom is 0.407 e. The van der Waals surface area contributed by atoms with Crippen LogP contribution in [-0.4, -0.2) is 57.3 Å². The summed E-state index contributed by atoms with van der Waals surface area (Å²) in [6, 6.07) is 6.66. The summed E-state index contributed by atoms with van der Waals surface area (Å²) in [7, 11) is 0. The number of morpholine rings is 1. The smallest absolute Gasteiger partial charge is 0.407 e. The van der Waals surface area contributed by atoms with Crippen molar-refractivity contribution in [1.29, 1.82) is 0 Å². The number of anilines is 1. The summed E-state index contributed by atoms with van der Waals surface area (Å²) in [4.78, 5) is 17.4. The zero-order valence-electron chi connectivity index (χ0n) is 20.6. The second-order valence-corrected chi connectivity index (χ2v) is 10.2. The Balaban J connectivity index is 1.49. The van der Waals surface area contributed by atoms with E-state index in [-0.39, 0.29) is 36.9 Å². The summed E-state index contributed by atoms with van der Waals surface area (Å²) in [6.07, 6.45) is 4.81. The van der Waals surface area contributed by atoms with Crippen LogP contribution < -0.4 is 5.32 Å². The Morgan fingerprint density at radius 1 is 1.19 bits per heavy atom. The first kappa shape index (κ1) is 24.5. The molecule has 1 saturated carbocycles.